The van der Waals surface area contributed by atoms with E-state index in [0.29, 0.717) is 16.9 Å². The van der Waals surface area contributed by atoms with E-state index in [1.807, 2.05) is 47.1 Å². The second-order valence-electron chi connectivity index (χ2n) is 6.30. The summed E-state index contributed by atoms with van der Waals surface area (Å²) in [7, 11) is 0. The lowest BCUT2D eigenvalue weighted by Gasteiger charge is -2.31. The van der Waals surface area contributed by atoms with E-state index in [1.54, 1.807) is 0 Å². The molecule has 0 aliphatic carbocycles. The number of benzene rings is 2. The van der Waals surface area contributed by atoms with Crippen molar-refractivity contribution in [3.05, 3.63) is 70.7 Å². The summed E-state index contributed by atoms with van der Waals surface area (Å²) >= 11 is 6.04. The number of nitrogens with one attached hydrogen (secondary N) is 2. The fraction of sp³-hybridized carbons (Fsp3) is 0.211. The van der Waals surface area contributed by atoms with E-state index in [2.05, 4.69) is 32.8 Å². The molecule has 7 heteroatoms. The Hall–Kier alpha value is -2.86. The number of hydrogen-bond acceptors (Lipinski definition) is 4. The normalized spacial score (nSPS) is 18.7. The Balaban J connectivity index is 1.75. The van der Waals surface area contributed by atoms with E-state index in [9.17, 15) is 4.79 Å². The van der Waals surface area contributed by atoms with Crippen LogP contribution < -0.4 is 10.6 Å². The van der Waals surface area contributed by atoms with Gasteiger partial charge in [0.1, 0.15) is 0 Å². The maximum atomic E-state index is 11.4. The summed E-state index contributed by atoms with van der Waals surface area (Å²) in [6.07, 6.45) is 0.807. The Morgan fingerprint density at radius 3 is 2.58 bits per heavy atom. The summed E-state index contributed by atoms with van der Waals surface area (Å²) in [4.78, 5) is 15.8. The van der Waals surface area contributed by atoms with Gasteiger partial charge in [0.15, 0.2) is 0 Å². The summed E-state index contributed by atoms with van der Waals surface area (Å²) in [6, 6.07) is 18.1. The molecule has 1 aromatic heterocycles. The number of halogens is 1. The summed E-state index contributed by atoms with van der Waals surface area (Å²) < 4.78 is 1.83. The van der Waals surface area contributed by atoms with E-state index in [1.165, 1.54) is 12.5 Å². The highest BCUT2D eigenvalue weighted by molar-refractivity contribution is 6.30. The van der Waals surface area contributed by atoms with Crippen LogP contribution in [0.25, 0.3) is 0 Å². The molecule has 0 fully saturated rings. The van der Waals surface area contributed by atoms with Gasteiger partial charge in [0.05, 0.1) is 12.1 Å². The van der Waals surface area contributed by atoms with E-state index < -0.39 is 0 Å². The zero-order chi connectivity index (χ0) is 18.1. The predicted molar refractivity (Wildman–Crippen MR) is 101 cm³/mol. The monoisotopic (exact) mass is 367 g/mol. The number of carbonyl (C=O) groups is 1. The minimum atomic E-state index is -0.199. The fourth-order valence-corrected chi connectivity index (χ4v) is 3.38. The van der Waals surface area contributed by atoms with Gasteiger partial charge < -0.3 is 5.32 Å². The minimum absolute atomic E-state index is 0.0104. The third kappa shape index (κ3) is 3.28. The number of anilines is 2. The van der Waals surface area contributed by atoms with Gasteiger partial charge >= 0.3 is 0 Å². The van der Waals surface area contributed by atoms with Gasteiger partial charge in [-0.3, -0.25) is 10.1 Å². The lowest BCUT2D eigenvalue weighted by Crippen LogP contribution is -2.28. The second-order valence-corrected chi connectivity index (χ2v) is 6.73. The van der Waals surface area contributed by atoms with Crippen LogP contribution in [-0.4, -0.2) is 20.7 Å². The van der Waals surface area contributed by atoms with Crippen molar-refractivity contribution in [2.75, 3.05) is 10.6 Å². The number of fused-ring (bicyclic) bond motifs is 1. The molecule has 1 aliphatic rings. The first-order chi connectivity index (χ1) is 12.6. The van der Waals surface area contributed by atoms with E-state index in [0.717, 1.165) is 12.0 Å². The minimum Gasteiger partial charge on any atom is -0.347 e. The summed E-state index contributed by atoms with van der Waals surface area (Å²) in [6.45, 7) is 1.44. The maximum Gasteiger partial charge on any atom is 0.250 e. The Morgan fingerprint density at radius 1 is 1.15 bits per heavy atom. The molecule has 0 spiro atoms. The number of amides is 1. The molecule has 1 amide bonds. The molecule has 4 rings (SSSR count). The summed E-state index contributed by atoms with van der Waals surface area (Å²) in [5.41, 5.74) is 2.28. The smallest absolute Gasteiger partial charge is 0.250 e. The molecule has 6 nitrogen and oxygen atoms in total. The van der Waals surface area contributed by atoms with Gasteiger partial charge in [-0.25, -0.2) is 4.68 Å². The molecular weight excluding hydrogens is 350 g/mol. The van der Waals surface area contributed by atoms with E-state index in [4.69, 9.17) is 11.6 Å². The maximum absolute atomic E-state index is 11.4. The van der Waals surface area contributed by atoms with Crippen molar-refractivity contribution in [2.24, 2.45) is 0 Å². The first kappa shape index (κ1) is 16.6. The van der Waals surface area contributed by atoms with Crippen LogP contribution in [0, 0.1) is 0 Å². The van der Waals surface area contributed by atoms with Crippen molar-refractivity contribution in [1.29, 1.82) is 0 Å². The average Bonchev–Trinajstić information content (AvgIpc) is 3.04. The largest absolute Gasteiger partial charge is 0.347 e. The fourth-order valence-electron chi connectivity index (χ4n) is 3.25. The van der Waals surface area contributed by atoms with Gasteiger partial charge in [0, 0.05) is 11.9 Å². The number of rotatable bonds is 3. The molecule has 0 unspecified atom stereocenters. The van der Waals surface area contributed by atoms with Crippen molar-refractivity contribution in [1.82, 2.24) is 14.8 Å². The van der Waals surface area contributed by atoms with Crippen molar-refractivity contribution >= 4 is 29.4 Å². The predicted octanol–water partition coefficient (Wildman–Crippen LogP) is 4.04. The quantitative estimate of drug-likeness (QED) is 0.733. The molecule has 26 heavy (non-hydrogen) atoms. The molecule has 132 valence electrons. The van der Waals surface area contributed by atoms with Crippen LogP contribution in [0.15, 0.2) is 54.6 Å². The summed E-state index contributed by atoms with van der Waals surface area (Å²) in [5.74, 6) is 0.733. The SMILES string of the molecule is CC(=O)Nc1nc2n(n1)[C@@H](c1ccc(Cl)cc1)C[C@H](c1ccccc1)N2. The van der Waals surface area contributed by atoms with Crippen LogP contribution in [0.5, 0.6) is 0 Å². The molecule has 2 N–H and O–H groups in total. The Morgan fingerprint density at radius 2 is 1.88 bits per heavy atom. The molecule has 0 bridgehead atoms. The second kappa shape index (κ2) is 6.80. The molecule has 2 atom stereocenters. The van der Waals surface area contributed by atoms with Crippen LogP contribution in [0.2, 0.25) is 5.02 Å². The molecular formula is C19H18ClN5O. The van der Waals surface area contributed by atoms with Gasteiger partial charge in [-0.15, -0.1) is 5.10 Å². The molecule has 2 heterocycles. The standard InChI is InChI=1S/C19H18ClN5O/c1-12(26)21-18-23-19-22-16(13-5-3-2-4-6-13)11-17(25(19)24-18)14-7-9-15(20)10-8-14/h2-10,16-17H,11H2,1H3,(H2,21,22,23,24,26)/t16-,17-/m1/s1. The van der Waals surface area contributed by atoms with E-state index in [-0.39, 0.29) is 18.0 Å². The number of nitrogens with zero attached hydrogens (tertiary/aromatic N) is 3. The molecule has 1 aliphatic heterocycles. The third-order valence-electron chi connectivity index (χ3n) is 4.43. The van der Waals surface area contributed by atoms with Gasteiger partial charge in [0.2, 0.25) is 11.9 Å². The number of aromatic nitrogens is 3. The average molecular weight is 368 g/mol. The topological polar surface area (TPSA) is 71.8 Å². The summed E-state index contributed by atoms with van der Waals surface area (Å²) in [5, 5.41) is 11.3. The number of hydrogen-bond donors (Lipinski definition) is 2. The van der Waals surface area contributed by atoms with Crippen LogP contribution in [-0.2, 0) is 4.79 Å². The van der Waals surface area contributed by atoms with Crippen molar-refractivity contribution in [2.45, 2.75) is 25.4 Å². The zero-order valence-corrected chi connectivity index (χ0v) is 14.9. The highest BCUT2D eigenvalue weighted by atomic mass is 35.5. The zero-order valence-electron chi connectivity index (χ0n) is 14.2. The van der Waals surface area contributed by atoms with Crippen LogP contribution in [0.3, 0.4) is 0 Å². The number of carbonyl (C=O) groups excluding carboxylic acids is 1. The van der Waals surface area contributed by atoms with Gasteiger partial charge in [-0.2, -0.15) is 4.98 Å². The molecule has 2 aromatic carbocycles. The highest BCUT2D eigenvalue weighted by Crippen LogP contribution is 2.38. The van der Waals surface area contributed by atoms with Crippen LogP contribution in [0.4, 0.5) is 11.9 Å². The lowest BCUT2D eigenvalue weighted by molar-refractivity contribution is -0.114. The molecule has 0 saturated heterocycles. The van der Waals surface area contributed by atoms with Crippen molar-refractivity contribution in [3.63, 3.8) is 0 Å². The molecule has 0 saturated carbocycles. The highest BCUT2D eigenvalue weighted by Gasteiger charge is 2.31. The molecule has 0 radical (unpaired) electrons. The Kier molecular flexibility index (Phi) is 4.34. The first-order valence-corrected chi connectivity index (χ1v) is 8.79. The van der Waals surface area contributed by atoms with E-state index >= 15 is 0 Å². The van der Waals surface area contributed by atoms with Crippen molar-refractivity contribution in [3.8, 4) is 0 Å². The van der Waals surface area contributed by atoms with Gasteiger partial charge in [-0.05, 0) is 29.7 Å². The lowest BCUT2D eigenvalue weighted by atomic mass is 9.93. The Bertz CT molecular complexity index is 923. The first-order valence-electron chi connectivity index (χ1n) is 8.41. The van der Waals surface area contributed by atoms with Gasteiger partial charge in [-0.1, -0.05) is 54.1 Å². The van der Waals surface area contributed by atoms with Crippen LogP contribution in [0.1, 0.15) is 36.6 Å². The third-order valence-corrected chi connectivity index (χ3v) is 4.69. The Labute approximate surface area is 156 Å². The van der Waals surface area contributed by atoms with Crippen LogP contribution >= 0.6 is 11.6 Å². The van der Waals surface area contributed by atoms with Gasteiger partial charge in [0.25, 0.3) is 5.95 Å². The van der Waals surface area contributed by atoms with Crippen molar-refractivity contribution < 1.29 is 4.79 Å². The molecule has 3 aromatic rings.